The molecule has 3 amide bonds. The average Bonchev–Trinajstić information content (AvgIpc) is 3.74. The lowest BCUT2D eigenvalue weighted by atomic mass is 9.74. The summed E-state index contributed by atoms with van der Waals surface area (Å²) in [6, 6.07) is 7.45. The molecule has 3 fully saturated rings. The Hall–Kier alpha value is -3.14. The summed E-state index contributed by atoms with van der Waals surface area (Å²) in [7, 11) is 1.52. The van der Waals surface area contributed by atoms with E-state index in [2.05, 4.69) is 26.1 Å². The second-order valence-electron chi connectivity index (χ2n) is 14.1. The van der Waals surface area contributed by atoms with Gasteiger partial charge < -0.3 is 39.2 Å². The molecule has 0 unspecified atom stereocenters. The quantitative estimate of drug-likeness (QED) is 0.184. The minimum Gasteiger partial charge on any atom is -0.455 e. The zero-order chi connectivity index (χ0) is 36.7. The van der Waals surface area contributed by atoms with Crippen LogP contribution in [0.4, 0.5) is 0 Å². The van der Waals surface area contributed by atoms with Crippen LogP contribution >= 0.6 is 15.9 Å². The van der Waals surface area contributed by atoms with E-state index in [0.29, 0.717) is 62.2 Å². The van der Waals surface area contributed by atoms with Crippen LogP contribution in [0, 0.1) is 11.8 Å². The summed E-state index contributed by atoms with van der Waals surface area (Å²) in [4.78, 5) is 63.1. The van der Waals surface area contributed by atoms with Gasteiger partial charge in [-0.3, -0.25) is 24.1 Å². The van der Waals surface area contributed by atoms with Crippen molar-refractivity contribution in [3.63, 3.8) is 0 Å². The summed E-state index contributed by atoms with van der Waals surface area (Å²) in [6.45, 7) is 4.58. The molecule has 1 aromatic carbocycles. The maximum Gasteiger partial charge on any atom is 0.313 e. The van der Waals surface area contributed by atoms with Crippen molar-refractivity contribution < 1.29 is 43.2 Å². The normalized spacial score (nSPS) is 32.1. The standard InChI is InChI=1S/C38H51BrN4O9/c1-49-25-28-32(26-12-6-4-7-13-26)51-37(48)30-31-35(46)43(16-10-2-3-11-21-44)34(38(31)24-27(39)33(30)52-38)36(47)42(15-9-5-8-14-29(45)40-28)18-17-41-19-22-50-23-20-41/h4-7,9,12-13,24,28,30-34,44H,2-3,8,10-11,14-23,25H2,1H3,(H,40,45)/b9-5-/t28-,30+,31-,32-,33+,34+,38-/m1/s1. The number of morpholine rings is 1. The van der Waals surface area contributed by atoms with E-state index in [9.17, 15) is 24.3 Å². The van der Waals surface area contributed by atoms with E-state index in [0.717, 1.165) is 25.9 Å². The Bertz CT molecular complexity index is 1490. The van der Waals surface area contributed by atoms with Crippen LogP contribution in [0.3, 0.4) is 0 Å². The molecule has 2 N–H and O–H groups in total. The number of fused-ring (bicyclic) bond motifs is 2. The van der Waals surface area contributed by atoms with Gasteiger partial charge in [-0.25, -0.2) is 0 Å². The molecule has 14 heteroatoms. The van der Waals surface area contributed by atoms with Crippen molar-refractivity contribution in [1.82, 2.24) is 20.0 Å². The largest absolute Gasteiger partial charge is 0.455 e. The molecular formula is C38H51BrN4O9. The number of carbonyl (C=O) groups is 4. The second kappa shape index (κ2) is 17.8. The Morgan fingerprint density at radius 2 is 1.73 bits per heavy atom. The van der Waals surface area contributed by atoms with Crippen molar-refractivity contribution in [3.8, 4) is 0 Å². The van der Waals surface area contributed by atoms with E-state index in [4.69, 9.17) is 18.9 Å². The minimum absolute atomic E-state index is 0.0770. The number of hydrogen-bond donors (Lipinski definition) is 2. The monoisotopic (exact) mass is 786 g/mol. The number of halogens is 1. The van der Waals surface area contributed by atoms with E-state index in [1.54, 1.807) is 9.80 Å². The molecule has 52 heavy (non-hydrogen) atoms. The van der Waals surface area contributed by atoms with Crippen LogP contribution in [-0.2, 0) is 38.1 Å². The SMILES string of the molecule is COC[C@H]1NC(=O)CC/C=C\CN(CCN2CCOCC2)C(=O)[C@@H]2N(CCCCCCO)C(=O)[C@H]3[C@H](C(=O)O[C@@H]1c1ccccc1)[C@H]1O[C@@]23C=C1Br. The number of aliphatic hydroxyl groups excluding tert-OH is 1. The number of unbranched alkanes of at least 4 members (excludes halogenated alkanes) is 3. The highest BCUT2D eigenvalue weighted by molar-refractivity contribution is 9.11. The van der Waals surface area contributed by atoms with Crippen LogP contribution in [0.2, 0.25) is 0 Å². The number of benzene rings is 1. The van der Waals surface area contributed by atoms with Crippen LogP contribution in [-0.4, -0.2) is 140 Å². The van der Waals surface area contributed by atoms with E-state index in [-0.39, 0.29) is 43.9 Å². The topological polar surface area (TPSA) is 147 Å². The molecule has 0 radical (unpaired) electrons. The molecular weight excluding hydrogens is 736 g/mol. The summed E-state index contributed by atoms with van der Waals surface area (Å²) in [5, 5.41) is 12.3. The van der Waals surface area contributed by atoms with Crippen LogP contribution in [0.25, 0.3) is 0 Å². The van der Waals surface area contributed by atoms with Gasteiger partial charge in [0, 0.05) is 63.9 Å². The fourth-order valence-corrected chi connectivity index (χ4v) is 8.97. The number of amides is 3. The van der Waals surface area contributed by atoms with Gasteiger partial charge in [-0.1, -0.05) is 71.3 Å². The van der Waals surface area contributed by atoms with Crippen LogP contribution in [0.15, 0.2) is 53.0 Å². The minimum atomic E-state index is -1.39. The number of ether oxygens (including phenoxy) is 4. The number of hydrogen-bond acceptors (Lipinski definition) is 10. The van der Waals surface area contributed by atoms with Gasteiger partial charge in [0.1, 0.15) is 29.8 Å². The first kappa shape index (κ1) is 38.6. The van der Waals surface area contributed by atoms with Crippen molar-refractivity contribution in [2.45, 2.75) is 68.4 Å². The van der Waals surface area contributed by atoms with Crippen LogP contribution in [0.5, 0.6) is 0 Å². The third-order valence-corrected chi connectivity index (χ3v) is 11.5. The van der Waals surface area contributed by atoms with E-state index in [1.807, 2.05) is 48.6 Å². The second-order valence-corrected chi connectivity index (χ2v) is 15.1. The number of likely N-dealkylation sites (tertiary alicyclic amines) is 1. The van der Waals surface area contributed by atoms with Gasteiger partial charge in [-0.05, 0) is 30.9 Å². The van der Waals surface area contributed by atoms with Gasteiger partial charge in [0.25, 0.3) is 0 Å². The molecule has 284 valence electrons. The summed E-state index contributed by atoms with van der Waals surface area (Å²) in [5.74, 6) is -3.47. The van der Waals surface area contributed by atoms with Crippen molar-refractivity contribution in [2.75, 3.05) is 72.8 Å². The highest BCUT2D eigenvalue weighted by Gasteiger charge is 2.75. The third kappa shape index (κ3) is 8.17. The maximum atomic E-state index is 15.0. The Balaban J connectivity index is 1.38. The molecule has 0 aromatic heterocycles. The number of cyclic esters (lactones) is 1. The average molecular weight is 788 g/mol. The molecule has 3 saturated heterocycles. The van der Waals surface area contributed by atoms with Gasteiger partial charge in [-0.2, -0.15) is 0 Å². The van der Waals surface area contributed by atoms with Gasteiger partial charge in [-0.15, -0.1) is 0 Å². The Morgan fingerprint density at radius 1 is 0.962 bits per heavy atom. The molecule has 5 aliphatic rings. The zero-order valence-corrected chi connectivity index (χ0v) is 31.4. The number of nitrogens with zero attached hydrogens (tertiary/aromatic N) is 3. The van der Waals surface area contributed by atoms with Gasteiger partial charge >= 0.3 is 5.97 Å². The van der Waals surface area contributed by atoms with Crippen molar-refractivity contribution in [3.05, 3.63) is 58.6 Å². The number of methoxy groups -OCH3 is 1. The highest BCUT2D eigenvalue weighted by atomic mass is 79.9. The first-order chi connectivity index (χ1) is 25.3. The molecule has 13 nitrogen and oxygen atoms in total. The Kier molecular flexibility index (Phi) is 13.2. The maximum absolute atomic E-state index is 15.0. The smallest absolute Gasteiger partial charge is 0.313 e. The van der Waals surface area contributed by atoms with E-state index in [1.165, 1.54) is 7.11 Å². The number of allylic oxidation sites excluding steroid dienone is 1. The zero-order valence-electron chi connectivity index (χ0n) is 29.8. The number of rotatable bonds is 12. The third-order valence-electron chi connectivity index (χ3n) is 10.8. The molecule has 1 spiro atoms. The molecule has 0 saturated carbocycles. The highest BCUT2D eigenvalue weighted by Crippen LogP contribution is 2.59. The number of esters is 1. The summed E-state index contributed by atoms with van der Waals surface area (Å²) < 4.78 is 24.7. The summed E-state index contributed by atoms with van der Waals surface area (Å²) in [5.41, 5.74) is -0.723. The van der Waals surface area contributed by atoms with Crippen LogP contribution < -0.4 is 5.32 Å². The predicted octanol–water partition coefficient (Wildman–Crippen LogP) is 2.34. The van der Waals surface area contributed by atoms with Crippen LogP contribution in [0.1, 0.15) is 50.2 Å². The summed E-state index contributed by atoms with van der Waals surface area (Å²) >= 11 is 3.64. The molecule has 5 bridgehead atoms. The van der Waals surface area contributed by atoms with E-state index >= 15 is 0 Å². The fourth-order valence-electron chi connectivity index (χ4n) is 8.23. The Labute approximate surface area is 313 Å². The Morgan fingerprint density at radius 3 is 2.48 bits per heavy atom. The lowest BCUT2D eigenvalue weighted by Gasteiger charge is -2.37. The number of nitrogens with one attached hydrogen (secondary N) is 1. The fraction of sp³-hybridized carbons (Fsp3) is 0.632. The molecule has 5 heterocycles. The molecule has 1 aromatic rings. The van der Waals surface area contributed by atoms with Crippen molar-refractivity contribution in [2.24, 2.45) is 11.8 Å². The van der Waals surface area contributed by atoms with Gasteiger partial charge in [0.2, 0.25) is 17.7 Å². The van der Waals surface area contributed by atoms with E-state index < -0.39 is 47.7 Å². The van der Waals surface area contributed by atoms with Crippen molar-refractivity contribution in [1.29, 1.82) is 0 Å². The summed E-state index contributed by atoms with van der Waals surface area (Å²) in [6.07, 6.45) is 7.36. The van der Waals surface area contributed by atoms with Crippen molar-refractivity contribution >= 4 is 39.6 Å². The lowest BCUT2D eigenvalue weighted by molar-refractivity contribution is -0.162. The predicted molar refractivity (Wildman–Crippen MR) is 194 cm³/mol. The van der Waals surface area contributed by atoms with Gasteiger partial charge in [0.05, 0.1) is 31.8 Å². The number of aliphatic hydroxyl groups is 1. The first-order valence-corrected chi connectivity index (χ1v) is 19.3. The lowest BCUT2D eigenvalue weighted by Crippen LogP contribution is -2.57. The molecule has 5 aliphatic heterocycles. The molecule has 0 aliphatic carbocycles. The first-order valence-electron chi connectivity index (χ1n) is 18.5. The molecule has 6 rings (SSSR count). The molecule has 7 atom stereocenters. The number of carbonyl (C=O) groups excluding carboxylic acids is 4. The van der Waals surface area contributed by atoms with Gasteiger partial charge in [0.15, 0.2) is 0 Å².